The number of carbonyl (C=O) groups is 1. The van der Waals surface area contributed by atoms with Crippen molar-refractivity contribution in [3.63, 3.8) is 0 Å². The van der Waals surface area contributed by atoms with Crippen LogP contribution in [0.2, 0.25) is 0 Å². The molecule has 130 valence electrons. The first-order valence-corrected chi connectivity index (χ1v) is 8.75. The van der Waals surface area contributed by atoms with Gasteiger partial charge in [-0.2, -0.15) is 21.6 Å². The number of nitrogens with one attached hydrogen (secondary N) is 1. The summed E-state index contributed by atoms with van der Waals surface area (Å²) in [4.78, 5) is 11.4. The van der Waals surface area contributed by atoms with Gasteiger partial charge in [0.05, 0.1) is 12.1 Å². The van der Waals surface area contributed by atoms with Crippen molar-refractivity contribution in [3.8, 4) is 5.75 Å². The molecule has 0 aliphatic heterocycles. The Hall–Kier alpha value is -2.07. The van der Waals surface area contributed by atoms with Crippen LogP contribution in [-0.4, -0.2) is 14.3 Å². The van der Waals surface area contributed by atoms with Gasteiger partial charge in [0.2, 0.25) is 5.91 Å². The molecule has 0 radical (unpaired) electrons. The fourth-order valence-corrected chi connectivity index (χ4v) is 3.87. The minimum absolute atomic E-state index is 0.152. The molecule has 2 rings (SSSR count). The third-order valence-electron chi connectivity index (χ3n) is 2.76. The molecule has 24 heavy (non-hydrogen) atoms. The highest BCUT2D eigenvalue weighted by Crippen LogP contribution is 2.32. The quantitative estimate of drug-likeness (QED) is 0.810. The molecule has 0 unspecified atom stereocenters. The van der Waals surface area contributed by atoms with E-state index in [0.29, 0.717) is 10.9 Å². The van der Waals surface area contributed by atoms with E-state index in [2.05, 4.69) is 5.32 Å². The molecular weight excluding hydrogens is 367 g/mol. The van der Waals surface area contributed by atoms with E-state index in [1.54, 1.807) is 0 Å². The average Bonchev–Trinajstić information content (AvgIpc) is 2.94. The standard InChI is InChI=1S/C14H12F3NO4S2/c1-9(19)18-8-12-5-6-13(23-12)24(20,21)22-11-4-2-3-10(7-11)14(15,16)17/h2-7H,8H2,1H3,(H,18,19). The lowest BCUT2D eigenvalue weighted by Crippen LogP contribution is -2.18. The molecule has 0 fully saturated rings. The molecule has 0 spiro atoms. The Kier molecular flexibility index (Phi) is 5.19. The second-order valence-corrected chi connectivity index (χ2v) is 7.64. The fraction of sp³-hybridized carbons (Fsp3) is 0.214. The lowest BCUT2D eigenvalue weighted by atomic mass is 10.2. The van der Waals surface area contributed by atoms with Gasteiger partial charge in [-0.1, -0.05) is 6.07 Å². The molecule has 0 saturated heterocycles. The number of amides is 1. The average molecular weight is 379 g/mol. The molecular formula is C14H12F3NO4S2. The Morgan fingerprint density at radius 1 is 1.25 bits per heavy atom. The number of hydrogen-bond acceptors (Lipinski definition) is 5. The van der Waals surface area contributed by atoms with Crippen LogP contribution in [0.4, 0.5) is 13.2 Å². The largest absolute Gasteiger partial charge is 0.416 e. The summed E-state index contributed by atoms with van der Waals surface area (Å²) in [5.41, 5.74) is -1.01. The van der Waals surface area contributed by atoms with Crippen molar-refractivity contribution in [2.75, 3.05) is 0 Å². The molecule has 1 aromatic heterocycles. The number of benzene rings is 1. The normalized spacial score (nSPS) is 12.0. The SMILES string of the molecule is CC(=O)NCc1ccc(S(=O)(=O)Oc2cccc(C(F)(F)F)c2)s1. The smallest absolute Gasteiger partial charge is 0.378 e. The zero-order chi connectivity index (χ0) is 18.0. The van der Waals surface area contributed by atoms with Gasteiger partial charge in [-0.15, -0.1) is 11.3 Å². The highest BCUT2D eigenvalue weighted by atomic mass is 32.3. The van der Waals surface area contributed by atoms with E-state index in [4.69, 9.17) is 4.18 Å². The molecule has 10 heteroatoms. The minimum Gasteiger partial charge on any atom is -0.378 e. The maximum Gasteiger partial charge on any atom is 0.416 e. The van der Waals surface area contributed by atoms with Crippen molar-refractivity contribution in [3.05, 3.63) is 46.8 Å². The minimum atomic E-state index is -4.60. The molecule has 0 bridgehead atoms. The number of thiophene rings is 1. The number of carbonyl (C=O) groups excluding carboxylic acids is 1. The molecule has 0 atom stereocenters. The van der Waals surface area contributed by atoms with Crippen LogP contribution in [0, 0.1) is 0 Å². The van der Waals surface area contributed by atoms with Crippen molar-refractivity contribution >= 4 is 27.4 Å². The summed E-state index contributed by atoms with van der Waals surface area (Å²) < 4.78 is 66.8. The maximum absolute atomic E-state index is 12.6. The van der Waals surface area contributed by atoms with Gasteiger partial charge in [-0.25, -0.2) is 0 Å². The van der Waals surface area contributed by atoms with Gasteiger partial charge in [0.1, 0.15) is 5.75 Å². The van der Waals surface area contributed by atoms with Gasteiger partial charge in [0, 0.05) is 11.8 Å². The molecule has 5 nitrogen and oxygen atoms in total. The van der Waals surface area contributed by atoms with E-state index in [1.807, 2.05) is 0 Å². The maximum atomic E-state index is 12.6. The predicted molar refractivity (Wildman–Crippen MR) is 81.1 cm³/mol. The summed E-state index contributed by atoms with van der Waals surface area (Å²) in [7, 11) is -4.25. The van der Waals surface area contributed by atoms with Gasteiger partial charge in [0.15, 0.2) is 4.21 Å². The fourth-order valence-electron chi connectivity index (χ4n) is 1.69. The molecule has 0 aliphatic rings. The first kappa shape index (κ1) is 18.3. The molecule has 2 aromatic rings. The monoisotopic (exact) mass is 379 g/mol. The van der Waals surface area contributed by atoms with E-state index in [-0.39, 0.29) is 16.7 Å². The third-order valence-corrected chi connectivity index (χ3v) is 5.55. The van der Waals surface area contributed by atoms with Crippen LogP contribution < -0.4 is 9.50 Å². The zero-order valence-corrected chi connectivity index (χ0v) is 13.9. The Labute approximate surface area is 140 Å². The molecule has 1 aromatic carbocycles. The van der Waals surface area contributed by atoms with Crippen LogP contribution in [-0.2, 0) is 27.6 Å². The van der Waals surface area contributed by atoms with Gasteiger partial charge in [0.25, 0.3) is 0 Å². The number of halogens is 3. The Bertz CT molecular complexity index is 844. The summed E-state index contributed by atoms with van der Waals surface area (Å²) in [6, 6.07) is 6.37. The van der Waals surface area contributed by atoms with Gasteiger partial charge in [-0.05, 0) is 30.3 Å². The van der Waals surface area contributed by atoms with Crippen LogP contribution in [0.1, 0.15) is 17.4 Å². The van der Waals surface area contributed by atoms with E-state index in [0.717, 1.165) is 29.5 Å². The van der Waals surface area contributed by atoms with Crippen molar-refractivity contribution in [2.45, 2.75) is 23.9 Å². The van der Waals surface area contributed by atoms with E-state index in [9.17, 15) is 26.4 Å². The van der Waals surface area contributed by atoms with Crippen molar-refractivity contribution in [1.82, 2.24) is 5.32 Å². The summed E-state index contributed by atoms with van der Waals surface area (Å²) in [6.07, 6.45) is -4.60. The molecule has 1 amide bonds. The summed E-state index contributed by atoms with van der Waals surface area (Å²) in [6.45, 7) is 1.47. The Morgan fingerprint density at radius 3 is 2.58 bits per heavy atom. The van der Waals surface area contributed by atoms with E-state index < -0.39 is 27.6 Å². The summed E-state index contributed by atoms with van der Waals surface area (Å²) in [5, 5.41) is 2.51. The van der Waals surface area contributed by atoms with Crippen LogP contribution in [0.3, 0.4) is 0 Å². The van der Waals surface area contributed by atoms with Crippen molar-refractivity contribution in [2.24, 2.45) is 0 Å². The van der Waals surface area contributed by atoms with Gasteiger partial charge in [-0.3, -0.25) is 4.79 Å². The molecule has 0 saturated carbocycles. The molecule has 0 aliphatic carbocycles. The summed E-state index contributed by atoms with van der Waals surface area (Å²) in [5.74, 6) is -0.699. The van der Waals surface area contributed by atoms with E-state index >= 15 is 0 Å². The van der Waals surface area contributed by atoms with Gasteiger partial charge >= 0.3 is 16.3 Å². The zero-order valence-electron chi connectivity index (χ0n) is 12.3. The highest BCUT2D eigenvalue weighted by Gasteiger charge is 2.31. The summed E-state index contributed by atoms with van der Waals surface area (Å²) >= 11 is 0.861. The van der Waals surface area contributed by atoms with Crippen molar-refractivity contribution < 1.29 is 30.6 Å². The number of rotatable bonds is 5. The predicted octanol–water partition coefficient (Wildman–Crippen LogP) is 3.17. The topological polar surface area (TPSA) is 72.5 Å². The Morgan fingerprint density at radius 2 is 1.96 bits per heavy atom. The highest BCUT2D eigenvalue weighted by molar-refractivity contribution is 7.89. The molecule has 1 N–H and O–H groups in total. The first-order valence-electron chi connectivity index (χ1n) is 6.53. The first-order chi connectivity index (χ1) is 11.1. The third kappa shape index (κ3) is 4.71. The van der Waals surface area contributed by atoms with Crippen LogP contribution in [0.5, 0.6) is 5.75 Å². The lowest BCUT2D eigenvalue weighted by Gasteiger charge is -2.09. The van der Waals surface area contributed by atoms with Crippen molar-refractivity contribution in [1.29, 1.82) is 0 Å². The van der Waals surface area contributed by atoms with E-state index in [1.165, 1.54) is 19.1 Å². The number of alkyl halides is 3. The van der Waals surface area contributed by atoms with Crippen LogP contribution in [0.25, 0.3) is 0 Å². The second-order valence-electron chi connectivity index (χ2n) is 4.69. The second kappa shape index (κ2) is 6.81. The molecule has 1 heterocycles. The number of hydrogen-bond donors (Lipinski definition) is 1. The lowest BCUT2D eigenvalue weighted by molar-refractivity contribution is -0.137. The Balaban J connectivity index is 2.18. The van der Waals surface area contributed by atoms with Crippen LogP contribution in [0.15, 0.2) is 40.6 Å². The van der Waals surface area contributed by atoms with Gasteiger partial charge < -0.3 is 9.50 Å². The van der Waals surface area contributed by atoms with Crippen LogP contribution >= 0.6 is 11.3 Å².